The van der Waals surface area contributed by atoms with E-state index in [2.05, 4.69) is 13.2 Å². The fourth-order valence-electron chi connectivity index (χ4n) is 2.24. The molecule has 0 radical (unpaired) electrons. The predicted octanol–water partition coefficient (Wildman–Crippen LogP) is 3.93. The fraction of sp³-hybridized carbons (Fsp3) is 0.100. The summed E-state index contributed by atoms with van der Waals surface area (Å²) in [7, 11) is 0. The Hall–Kier alpha value is -3.14. The molecule has 2 rings (SSSR count). The number of hydrogen-bond donors (Lipinski definition) is 0. The number of carbonyl (C=O) groups excluding carboxylic acids is 2. The van der Waals surface area contributed by atoms with E-state index in [1.807, 2.05) is 36.4 Å². The SMILES string of the molecule is C=CC(=O)OC(c1ccccc1)C(OC(=O)C=C)c1ccccc1. The average molecular weight is 322 g/mol. The second-order valence-electron chi connectivity index (χ2n) is 4.94. The fourth-order valence-corrected chi connectivity index (χ4v) is 2.24. The van der Waals surface area contributed by atoms with Crippen LogP contribution in [-0.2, 0) is 19.1 Å². The first kappa shape index (κ1) is 17.2. The van der Waals surface area contributed by atoms with E-state index in [0.717, 1.165) is 12.2 Å². The zero-order chi connectivity index (χ0) is 17.4. The zero-order valence-corrected chi connectivity index (χ0v) is 13.1. The summed E-state index contributed by atoms with van der Waals surface area (Å²) < 4.78 is 11.0. The highest BCUT2D eigenvalue weighted by Crippen LogP contribution is 2.35. The summed E-state index contributed by atoms with van der Waals surface area (Å²) in [4.78, 5) is 23.6. The molecular weight excluding hydrogens is 304 g/mol. The van der Waals surface area contributed by atoms with Gasteiger partial charge in [-0.3, -0.25) is 0 Å². The highest BCUT2D eigenvalue weighted by atomic mass is 16.6. The summed E-state index contributed by atoms with van der Waals surface area (Å²) in [6, 6.07) is 18.2. The molecule has 0 spiro atoms. The highest BCUT2D eigenvalue weighted by molar-refractivity contribution is 5.82. The number of hydrogen-bond acceptors (Lipinski definition) is 4. The van der Waals surface area contributed by atoms with E-state index in [1.165, 1.54) is 0 Å². The van der Waals surface area contributed by atoms with E-state index in [4.69, 9.17) is 9.47 Å². The minimum absolute atomic E-state index is 0.598. The van der Waals surface area contributed by atoms with E-state index in [1.54, 1.807) is 24.3 Å². The van der Waals surface area contributed by atoms with Gasteiger partial charge in [-0.25, -0.2) is 9.59 Å². The van der Waals surface area contributed by atoms with E-state index in [0.29, 0.717) is 11.1 Å². The molecule has 122 valence electrons. The van der Waals surface area contributed by atoms with Crippen LogP contribution in [0.5, 0.6) is 0 Å². The molecule has 2 aromatic carbocycles. The first-order chi connectivity index (χ1) is 11.7. The van der Waals surface area contributed by atoms with Crippen LogP contribution in [0, 0.1) is 0 Å². The molecule has 0 N–H and O–H groups in total. The molecule has 4 nitrogen and oxygen atoms in total. The van der Waals surface area contributed by atoms with Crippen LogP contribution in [-0.4, -0.2) is 11.9 Å². The Balaban J connectivity index is 2.46. The summed E-state index contributed by atoms with van der Waals surface area (Å²) in [5, 5.41) is 0. The molecule has 2 aromatic rings. The van der Waals surface area contributed by atoms with Crippen molar-refractivity contribution in [1.82, 2.24) is 0 Å². The van der Waals surface area contributed by atoms with Gasteiger partial charge in [-0.1, -0.05) is 73.8 Å². The molecule has 0 aliphatic rings. The summed E-state index contributed by atoms with van der Waals surface area (Å²) in [6.07, 6.45) is 0.548. The van der Waals surface area contributed by atoms with Gasteiger partial charge >= 0.3 is 11.9 Å². The Morgan fingerprint density at radius 2 is 1.04 bits per heavy atom. The van der Waals surface area contributed by atoms with Crippen molar-refractivity contribution < 1.29 is 19.1 Å². The van der Waals surface area contributed by atoms with Crippen molar-refractivity contribution in [1.29, 1.82) is 0 Å². The van der Waals surface area contributed by atoms with Crippen LogP contribution >= 0.6 is 0 Å². The molecule has 2 atom stereocenters. The molecule has 0 aromatic heterocycles. The molecule has 0 saturated carbocycles. The monoisotopic (exact) mass is 322 g/mol. The van der Waals surface area contributed by atoms with Gasteiger partial charge in [0.25, 0.3) is 0 Å². The van der Waals surface area contributed by atoms with Crippen LogP contribution in [0.2, 0.25) is 0 Å². The maximum absolute atomic E-state index is 11.8. The van der Waals surface area contributed by atoms with Crippen LogP contribution in [0.25, 0.3) is 0 Å². The first-order valence-electron chi connectivity index (χ1n) is 7.41. The maximum atomic E-state index is 11.8. The van der Waals surface area contributed by atoms with Crippen molar-refractivity contribution >= 4 is 11.9 Å². The molecule has 0 aliphatic heterocycles. The van der Waals surface area contributed by atoms with Crippen molar-refractivity contribution in [3.05, 3.63) is 97.1 Å². The first-order valence-corrected chi connectivity index (χ1v) is 7.41. The lowest BCUT2D eigenvalue weighted by atomic mass is 9.98. The van der Waals surface area contributed by atoms with Gasteiger partial charge in [-0.15, -0.1) is 0 Å². The minimum Gasteiger partial charge on any atom is -0.450 e. The molecule has 24 heavy (non-hydrogen) atoms. The maximum Gasteiger partial charge on any atom is 0.330 e. The summed E-state index contributed by atoms with van der Waals surface area (Å²) >= 11 is 0. The van der Waals surface area contributed by atoms with Crippen LogP contribution in [0.4, 0.5) is 0 Å². The average Bonchev–Trinajstić information content (AvgIpc) is 2.65. The van der Waals surface area contributed by atoms with Crippen molar-refractivity contribution in [2.24, 2.45) is 0 Å². The van der Waals surface area contributed by atoms with Gasteiger partial charge in [0.2, 0.25) is 0 Å². The van der Waals surface area contributed by atoms with E-state index in [9.17, 15) is 9.59 Å². The third-order valence-electron chi connectivity index (χ3n) is 3.35. The lowest BCUT2D eigenvalue weighted by Crippen LogP contribution is -2.22. The van der Waals surface area contributed by atoms with Crippen molar-refractivity contribution in [2.75, 3.05) is 0 Å². The molecule has 0 fully saturated rings. The van der Waals surface area contributed by atoms with Gasteiger partial charge in [-0.2, -0.15) is 0 Å². The van der Waals surface area contributed by atoms with Gasteiger partial charge < -0.3 is 9.47 Å². The molecule has 0 amide bonds. The third kappa shape index (κ3) is 4.43. The van der Waals surface area contributed by atoms with Gasteiger partial charge in [0.15, 0.2) is 12.2 Å². The number of ether oxygens (including phenoxy) is 2. The summed E-state index contributed by atoms with van der Waals surface area (Å²) in [5.74, 6) is -1.20. The van der Waals surface area contributed by atoms with Crippen molar-refractivity contribution in [3.8, 4) is 0 Å². The Morgan fingerprint density at radius 3 is 1.33 bits per heavy atom. The molecule has 2 unspecified atom stereocenters. The van der Waals surface area contributed by atoms with Gasteiger partial charge in [0, 0.05) is 12.2 Å². The number of rotatable bonds is 7. The van der Waals surface area contributed by atoms with Crippen LogP contribution in [0.3, 0.4) is 0 Å². The Morgan fingerprint density at radius 1 is 0.708 bits per heavy atom. The van der Waals surface area contributed by atoms with Crippen LogP contribution in [0.1, 0.15) is 23.3 Å². The Bertz CT molecular complexity index is 643. The normalized spacial score (nSPS) is 12.5. The third-order valence-corrected chi connectivity index (χ3v) is 3.35. The molecule has 0 saturated heterocycles. The lowest BCUT2D eigenvalue weighted by molar-refractivity contribution is -0.163. The predicted molar refractivity (Wildman–Crippen MR) is 90.9 cm³/mol. The molecule has 0 heterocycles. The summed E-state index contributed by atoms with van der Waals surface area (Å²) in [6.45, 7) is 6.84. The second kappa shape index (κ2) is 8.48. The zero-order valence-electron chi connectivity index (χ0n) is 13.1. The van der Waals surface area contributed by atoms with E-state index >= 15 is 0 Å². The van der Waals surface area contributed by atoms with Crippen molar-refractivity contribution in [3.63, 3.8) is 0 Å². The molecule has 0 aliphatic carbocycles. The van der Waals surface area contributed by atoms with Crippen LogP contribution in [0.15, 0.2) is 86.0 Å². The molecule has 4 heteroatoms. The molecule has 0 bridgehead atoms. The lowest BCUT2D eigenvalue weighted by Gasteiger charge is -2.27. The minimum atomic E-state index is -0.803. The number of benzene rings is 2. The Kier molecular flexibility index (Phi) is 6.08. The Labute approximate surface area is 141 Å². The van der Waals surface area contributed by atoms with Crippen molar-refractivity contribution in [2.45, 2.75) is 12.2 Å². The summed E-state index contributed by atoms with van der Waals surface area (Å²) in [5.41, 5.74) is 1.41. The highest BCUT2D eigenvalue weighted by Gasteiger charge is 2.30. The largest absolute Gasteiger partial charge is 0.450 e. The quantitative estimate of drug-likeness (QED) is 0.572. The van der Waals surface area contributed by atoms with Crippen LogP contribution < -0.4 is 0 Å². The van der Waals surface area contributed by atoms with E-state index in [-0.39, 0.29) is 0 Å². The van der Waals surface area contributed by atoms with Gasteiger partial charge in [0.1, 0.15) is 0 Å². The molecular formula is C20H18O4. The number of carbonyl (C=O) groups is 2. The second-order valence-corrected chi connectivity index (χ2v) is 4.94. The standard InChI is InChI=1S/C20H18O4/c1-3-17(21)23-19(15-11-7-5-8-12-15)20(24-18(22)4-2)16-13-9-6-10-14-16/h3-14,19-20H,1-2H2. The number of esters is 2. The topological polar surface area (TPSA) is 52.6 Å². The van der Waals surface area contributed by atoms with Gasteiger partial charge in [0.05, 0.1) is 0 Å². The smallest absolute Gasteiger partial charge is 0.330 e. The van der Waals surface area contributed by atoms with E-state index < -0.39 is 24.1 Å². The van der Waals surface area contributed by atoms with Gasteiger partial charge in [-0.05, 0) is 11.1 Å².